The first-order chi connectivity index (χ1) is 7.19. The Morgan fingerprint density at radius 2 is 2.40 bits per heavy atom. The number of aliphatic hydroxyl groups is 1. The largest absolute Gasteiger partial charge is 0.395 e. The molecular formula is C10H18N2OS2. The van der Waals surface area contributed by atoms with E-state index in [-0.39, 0.29) is 11.9 Å². The Hall–Kier alpha value is -0.100. The summed E-state index contributed by atoms with van der Waals surface area (Å²) in [7, 11) is 0. The number of aromatic nitrogens is 1. The summed E-state index contributed by atoms with van der Waals surface area (Å²) in [4.78, 5) is 5.48. The maximum absolute atomic E-state index is 9.14. The number of thioether (sulfide) groups is 1. The van der Waals surface area contributed by atoms with Gasteiger partial charge in [-0.2, -0.15) is 11.8 Å². The highest BCUT2D eigenvalue weighted by Gasteiger charge is 2.14. The Labute approximate surface area is 99.3 Å². The molecule has 0 bridgehead atoms. The molecule has 86 valence electrons. The third-order valence-electron chi connectivity index (χ3n) is 2.47. The standard InChI is InChI=1S/C10H18N2OS2/c1-7-9(15-6-12-7)4-11-8(2)10(5-13)14-3/h6,8,10-11,13H,4-5H2,1-3H3. The van der Waals surface area contributed by atoms with Crippen molar-refractivity contribution in [3.8, 4) is 0 Å². The molecule has 0 amide bonds. The first kappa shape index (κ1) is 13.0. The molecule has 0 spiro atoms. The summed E-state index contributed by atoms with van der Waals surface area (Å²) in [6.45, 7) is 5.19. The smallest absolute Gasteiger partial charge is 0.0798 e. The quantitative estimate of drug-likeness (QED) is 0.801. The number of hydrogen-bond donors (Lipinski definition) is 2. The van der Waals surface area contributed by atoms with Gasteiger partial charge < -0.3 is 10.4 Å². The highest BCUT2D eigenvalue weighted by molar-refractivity contribution is 7.99. The predicted molar refractivity (Wildman–Crippen MR) is 67.5 cm³/mol. The van der Waals surface area contributed by atoms with Gasteiger partial charge in [-0.3, -0.25) is 0 Å². The van der Waals surface area contributed by atoms with E-state index in [1.807, 2.05) is 18.7 Å². The van der Waals surface area contributed by atoms with E-state index < -0.39 is 0 Å². The van der Waals surface area contributed by atoms with Crippen LogP contribution in [-0.4, -0.2) is 34.2 Å². The van der Waals surface area contributed by atoms with Crippen LogP contribution < -0.4 is 5.32 Å². The highest BCUT2D eigenvalue weighted by Crippen LogP contribution is 2.14. The van der Waals surface area contributed by atoms with Crippen LogP contribution in [0.4, 0.5) is 0 Å². The van der Waals surface area contributed by atoms with E-state index in [0.717, 1.165) is 12.2 Å². The third kappa shape index (κ3) is 3.75. The minimum absolute atomic E-state index is 0.219. The number of aliphatic hydroxyl groups excluding tert-OH is 1. The summed E-state index contributed by atoms with van der Waals surface area (Å²) in [5, 5.41) is 12.8. The normalized spacial score (nSPS) is 15.2. The van der Waals surface area contributed by atoms with E-state index in [1.54, 1.807) is 23.1 Å². The number of thiazole rings is 1. The van der Waals surface area contributed by atoms with Gasteiger partial charge in [0.15, 0.2) is 0 Å². The lowest BCUT2D eigenvalue weighted by atomic mass is 10.2. The first-order valence-corrected chi connectivity index (χ1v) is 7.11. The molecule has 0 saturated heterocycles. The van der Waals surface area contributed by atoms with Crippen molar-refractivity contribution in [3.05, 3.63) is 16.1 Å². The van der Waals surface area contributed by atoms with Crippen LogP contribution in [0.5, 0.6) is 0 Å². The van der Waals surface area contributed by atoms with Crippen molar-refractivity contribution in [3.63, 3.8) is 0 Å². The molecule has 5 heteroatoms. The van der Waals surface area contributed by atoms with Crippen LogP contribution in [0.1, 0.15) is 17.5 Å². The Kier molecular flexibility index (Phi) is 5.60. The number of nitrogens with zero attached hydrogens (tertiary/aromatic N) is 1. The van der Waals surface area contributed by atoms with Crippen LogP contribution in [0.3, 0.4) is 0 Å². The first-order valence-electron chi connectivity index (χ1n) is 4.95. The molecule has 15 heavy (non-hydrogen) atoms. The molecule has 0 saturated carbocycles. The second kappa shape index (κ2) is 6.48. The summed E-state index contributed by atoms with van der Waals surface area (Å²) in [5.41, 5.74) is 2.97. The van der Waals surface area contributed by atoms with Crippen LogP contribution in [0.2, 0.25) is 0 Å². The van der Waals surface area contributed by atoms with Gasteiger partial charge in [-0.05, 0) is 20.1 Å². The lowest BCUT2D eigenvalue weighted by molar-refractivity contribution is 0.276. The summed E-state index contributed by atoms with van der Waals surface area (Å²) in [6, 6.07) is 0.312. The molecule has 0 aliphatic rings. The van der Waals surface area contributed by atoms with Crippen molar-refractivity contribution in [1.82, 2.24) is 10.3 Å². The summed E-state index contributed by atoms with van der Waals surface area (Å²) >= 11 is 3.37. The fourth-order valence-corrected chi connectivity index (χ4v) is 2.70. The molecule has 0 aliphatic heterocycles. The molecule has 2 N–H and O–H groups in total. The molecule has 1 rings (SSSR count). The van der Waals surface area contributed by atoms with Gasteiger partial charge in [-0.25, -0.2) is 4.98 Å². The zero-order valence-corrected chi connectivity index (χ0v) is 11.0. The lowest BCUT2D eigenvalue weighted by Crippen LogP contribution is -2.37. The van der Waals surface area contributed by atoms with Crippen molar-refractivity contribution >= 4 is 23.1 Å². The van der Waals surface area contributed by atoms with E-state index in [9.17, 15) is 0 Å². The van der Waals surface area contributed by atoms with Crippen LogP contribution >= 0.6 is 23.1 Å². The van der Waals surface area contributed by atoms with Gasteiger partial charge in [0.25, 0.3) is 0 Å². The highest BCUT2D eigenvalue weighted by atomic mass is 32.2. The van der Waals surface area contributed by atoms with Gasteiger partial charge in [0.1, 0.15) is 0 Å². The zero-order chi connectivity index (χ0) is 11.3. The van der Waals surface area contributed by atoms with Gasteiger partial charge in [0, 0.05) is 22.7 Å². The average molecular weight is 246 g/mol. The molecule has 0 aromatic carbocycles. The number of hydrogen-bond acceptors (Lipinski definition) is 5. The summed E-state index contributed by atoms with van der Waals surface area (Å²) < 4.78 is 0. The minimum atomic E-state index is 0.219. The number of nitrogens with one attached hydrogen (secondary N) is 1. The molecule has 3 nitrogen and oxygen atoms in total. The Morgan fingerprint density at radius 1 is 1.67 bits per heavy atom. The average Bonchev–Trinajstić information content (AvgIpc) is 2.63. The Balaban J connectivity index is 2.40. The Bertz CT molecular complexity index is 287. The van der Waals surface area contributed by atoms with Crippen molar-refractivity contribution in [2.75, 3.05) is 12.9 Å². The number of aryl methyl sites for hydroxylation is 1. The summed E-state index contributed by atoms with van der Waals surface area (Å²) in [6.07, 6.45) is 2.02. The van der Waals surface area contributed by atoms with Crippen molar-refractivity contribution in [2.24, 2.45) is 0 Å². The molecular weight excluding hydrogens is 228 g/mol. The molecule has 0 radical (unpaired) electrons. The van der Waals surface area contributed by atoms with E-state index in [0.29, 0.717) is 6.04 Å². The topological polar surface area (TPSA) is 45.1 Å². The van der Waals surface area contributed by atoms with Gasteiger partial charge in [0.2, 0.25) is 0 Å². The molecule has 1 aromatic heterocycles. The van der Waals surface area contributed by atoms with Crippen molar-refractivity contribution in [2.45, 2.75) is 31.7 Å². The van der Waals surface area contributed by atoms with Crippen LogP contribution in [-0.2, 0) is 6.54 Å². The predicted octanol–water partition coefficient (Wildman–Crippen LogP) is 1.65. The van der Waals surface area contributed by atoms with Gasteiger partial charge >= 0.3 is 0 Å². The molecule has 0 fully saturated rings. The van der Waals surface area contributed by atoms with Crippen LogP contribution in [0, 0.1) is 6.92 Å². The van der Waals surface area contributed by atoms with Crippen molar-refractivity contribution < 1.29 is 5.11 Å². The molecule has 2 unspecified atom stereocenters. The van der Waals surface area contributed by atoms with Gasteiger partial charge in [0.05, 0.1) is 17.8 Å². The van der Waals surface area contributed by atoms with E-state index in [4.69, 9.17) is 5.11 Å². The van der Waals surface area contributed by atoms with E-state index in [1.165, 1.54) is 4.88 Å². The molecule has 1 heterocycles. The third-order valence-corrected chi connectivity index (χ3v) is 4.57. The second-order valence-electron chi connectivity index (χ2n) is 3.49. The van der Waals surface area contributed by atoms with Crippen LogP contribution in [0.15, 0.2) is 5.51 Å². The second-order valence-corrected chi connectivity index (χ2v) is 5.50. The SMILES string of the molecule is CSC(CO)C(C)NCc1scnc1C. The lowest BCUT2D eigenvalue weighted by Gasteiger charge is -2.21. The molecule has 2 atom stereocenters. The van der Waals surface area contributed by atoms with Gasteiger partial charge in [-0.1, -0.05) is 0 Å². The number of rotatable bonds is 6. The fourth-order valence-electron chi connectivity index (χ4n) is 1.32. The van der Waals surface area contributed by atoms with Gasteiger partial charge in [-0.15, -0.1) is 11.3 Å². The summed E-state index contributed by atoms with van der Waals surface area (Å²) in [5.74, 6) is 0. The maximum Gasteiger partial charge on any atom is 0.0798 e. The van der Waals surface area contributed by atoms with Crippen LogP contribution in [0.25, 0.3) is 0 Å². The molecule has 1 aromatic rings. The Morgan fingerprint density at radius 3 is 2.87 bits per heavy atom. The van der Waals surface area contributed by atoms with E-state index >= 15 is 0 Å². The minimum Gasteiger partial charge on any atom is -0.395 e. The van der Waals surface area contributed by atoms with Crippen molar-refractivity contribution in [1.29, 1.82) is 0 Å². The monoisotopic (exact) mass is 246 g/mol. The maximum atomic E-state index is 9.14. The zero-order valence-electron chi connectivity index (χ0n) is 9.36. The van der Waals surface area contributed by atoms with E-state index in [2.05, 4.69) is 17.2 Å². The fraction of sp³-hybridized carbons (Fsp3) is 0.700. The molecule has 0 aliphatic carbocycles.